The number of nitrogens with one attached hydrogen (secondary N) is 1. The Kier molecular flexibility index (Phi) is 7.31. The molecule has 0 bridgehead atoms. The third-order valence-electron chi connectivity index (χ3n) is 5.83. The predicted octanol–water partition coefficient (Wildman–Crippen LogP) is 4.97. The smallest absolute Gasteiger partial charge is 0.331 e. The van der Waals surface area contributed by atoms with Gasteiger partial charge in [0, 0.05) is 16.1 Å². The van der Waals surface area contributed by atoms with Gasteiger partial charge in [-0.3, -0.25) is 19.8 Å². The topological polar surface area (TPSA) is 84.9 Å². The third-order valence-corrected chi connectivity index (χ3v) is 6.51. The van der Waals surface area contributed by atoms with Crippen LogP contribution in [0.5, 0.6) is 11.5 Å². The van der Waals surface area contributed by atoms with Crippen LogP contribution in [0.25, 0.3) is 6.08 Å². The molecule has 1 heterocycles. The van der Waals surface area contributed by atoms with Crippen molar-refractivity contribution in [3.63, 3.8) is 0 Å². The first-order chi connectivity index (χ1) is 16.4. The van der Waals surface area contributed by atoms with Crippen molar-refractivity contribution in [3.05, 3.63) is 63.4 Å². The molecule has 1 saturated heterocycles. The predicted molar refractivity (Wildman–Crippen MR) is 127 cm³/mol. The SMILES string of the molecule is CCOc1cc(/C=C2\C(=O)NC(=O)N(C3CCCC3)C2=O)c(Br)cc1OCc1ccccc1F. The molecule has 9 heteroatoms. The van der Waals surface area contributed by atoms with E-state index < -0.39 is 17.8 Å². The molecule has 1 aliphatic heterocycles. The number of imide groups is 2. The Hall–Kier alpha value is -3.20. The van der Waals surface area contributed by atoms with E-state index in [1.807, 2.05) is 6.92 Å². The summed E-state index contributed by atoms with van der Waals surface area (Å²) in [4.78, 5) is 39.1. The molecule has 0 radical (unpaired) electrons. The number of benzene rings is 2. The van der Waals surface area contributed by atoms with Gasteiger partial charge in [0.2, 0.25) is 0 Å². The lowest BCUT2D eigenvalue weighted by molar-refractivity contribution is -0.131. The Morgan fingerprint density at radius 2 is 1.82 bits per heavy atom. The maximum atomic E-state index is 14.0. The molecule has 2 aromatic rings. The monoisotopic (exact) mass is 530 g/mol. The molecule has 1 aliphatic carbocycles. The third kappa shape index (κ3) is 4.99. The van der Waals surface area contributed by atoms with Gasteiger partial charge in [-0.1, -0.05) is 47.0 Å². The fourth-order valence-electron chi connectivity index (χ4n) is 4.13. The van der Waals surface area contributed by atoms with Crippen molar-refractivity contribution in [2.45, 2.75) is 45.3 Å². The van der Waals surface area contributed by atoms with Gasteiger partial charge in [-0.2, -0.15) is 0 Å². The average Bonchev–Trinajstić information content (AvgIpc) is 3.32. The van der Waals surface area contributed by atoms with Crippen LogP contribution < -0.4 is 14.8 Å². The molecule has 1 N–H and O–H groups in total. The summed E-state index contributed by atoms with van der Waals surface area (Å²) in [6.07, 6.45) is 4.76. The Balaban J connectivity index is 1.63. The van der Waals surface area contributed by atoms with Crippen molar-refractivity contribution in [1.82, 2.24) is 10.2 Å². The van der Waals surface area contributed by atoms with Gasteiger partial charge in [-0.15, -0.1) is 0 Å². The van der Waals surface area contributed by atoms with Crippen LogP contribution >= 0.6 is 15.9 Å². The first-order valence-corrected chi connectivity index (χ1v) is 11.9. The summed E-state index contributed by atoms with van der Waals surface area (Å²) in [7, 11) is 0. The van der Waals surface area contributed by atoms with E-state index in [9.17, 15) is 18.8 Å². The van der Waals surface area contributed by atoms with Crippen molar-refractivity contribution in [1.29, 1.82) is 0 Å². The van der Waals surface area contributed by atoms with E-state index in [-0.39, 0.29) is 24.0 Å². The van der Waals surface area contributed by atoms with E-state index in [4.69, 9.17) is 9.47 Å². The summed E-state index contributed by atoms with van der Waals surface area (Å²) in [5.41, 5.74) is 0.768. The second-order valence-corrected chi connectivity index (χ2v) is 8.92. The lowest BCUT2D eigenvalue weighted by atomic mass is 10.0. The number of hydrogen-bond donors (Lipinski definition) is 1. The number of nitrogens with zero attached hydrogens (tertiary/aromatic N) is 1. The molecule has 0 atom stereocenters. The van der Waals surface area contributed by atoms with E-state index >= 15 is 0 Å². The molecule has 0 unspecified atom stereocenters. The van der Waals surface area contributed by atoms with Gasteiger partial charge in [0.05, 0.1) is 6.61 Å². The van der Waals surface area contributed by atoms with Crippen LogP contribution in [-0.4, -0.2) is 35.4 Å². The van der Waals surface area contributed by atoms with Gasteiger partial charge in [0.15, 0.2) is 11.5 Å². The lowest BCUT2D eigenvalue weighted by Gasteiger charge is -2.31. The van der Waals surface area contributed by atoms with E-state index in [1.54, 1.807) is 30.3 Å². The summed E-state index contributed by atoms with van der Waals surface area (Å²) >= 11 is 3.46. The standard InChI is InChI=1S/C25H24BrFN2O5/c1-2-33-21-12-16(19(26)13-22(21)34-14-15-7-3-6-10-20(15)27)11-18-23(30)28-25(32)29(24(18)31)17-8-4-5-9-17/h3,6-7,10-13,17H,2,4-5,8-9,14H2,1H3,(H,28,30,32)/b18-11+. The normalized spacial score (nSPS) is 17.9. The van der Waals surface area contributed by atoms with E-state index in [2.05, 4.69) is 21.2 Å². The quantitative estimate of drug-likeness (QED) is 0.403. The van der Waals surface area contributed by atoms with Gasteiger partial charge < -0.3 is 9.47 Å². The molecule has 4 amide bonds. The second kappa shape index (κ2) is 10.4. The number of ether oxygens (including phenoxy) is 2. The highest BCUT2D eigenvalue weighted by atomic mass is 79.9. The van der Waals surface area contributed by atoms with Crippen LogP contribution in [0, 0.1) is 5.82 Å². The minimum atomic E-state index is -0.742. The number of halogens is 2. The summed E-state index contributed by atoms with van der Waals surface area (Å²) < 4.78 is 26.0. The molecule has 34 heavy (non-hydrogen) atoms. The zero-order chi connectivity index (χ0) is 24.2. The highest BCUT2D eigenvalue weighted by Gasteiger charge is 2.40. The van der Waals surface area contributed by atoms with E-state index in [1.165, 1.54) is 12.1 Å². The van der Waals surface area contributed by atoms with Gasteiger partial charge in [0.25, 0.3) is 11.8 Å². The van der Waals surface area contributed by atoms with Crippen molar-refractivity contribution in [3.8, 4) is 11.5 Å². The number of carbonyl (C=O) groups excluding carboxylic acids is 3. The molecule has 2 aliphatic rings. The Morgan fingerprint density at radius 3 is 2.53 bits per heavy atom. The Morgan fingerprint density at radius 1 is 1.12 bits per heavy atom. The molecular weight excluding hydrogens is 507 g/mol. The van der Waals surface area contributed by atoms with Gasteiger partial charge in [-0.05, 0) is 49.6 Å². The average molecular weight is 531 g/mol. The molecule has 4 rings (SSSR count). The first kappa shape index (κ1) is 23.9. The van der Waals surface area contributed by atoms with Crippen LogP contribution in [0.1, 0.15) is 43.7 Å². The van der Waals surface area contributed by atoms with Crippen molar-refractivity contribution in [2.75, 3.05) is 6.61 Å². The van der Waals surface area contributed by atoms with Gasteiger partial charge in [-0.25, -0.2) is 9.18 Å². The van der Waals surface area contributed by atoms with Crippen LogP contribution in [0.3, 0.4) is 0 Å². The highest BCUT2D eigenvalue weighted by Crippen LogP contribution is 2.36. The Labute approximate surface area is 205 Å². The van der Waals surface area contributed by atoms with Crippen molar-refractivity contribution >= 4 is 39.9 Å². The minimum absolute atomic E-state index is 0.00102. The summed E-state index contributed by atoms with van der Waals surface area (Å²) in [6.45, 7) is 2.15. The van der Waals surface area contributed by atoms with Crippen LogP contribution in [-0.2, 0) is 16.2 Å². The van der Waals surface area contributed by atoms with Gasteiger partial charge >= 0.3 is 6.03 Å². The number of carbonyl (C=O) groups is 3. The maximum absolute atomic E-state index is 14.0. The zero-order valence-electron chi connectivity index (χ0n) is 18.6. The fraction of sp³-hybridized carbons (Fsp3) is 0.320. The number of urea groups is 1. The summed E-state index contributed by atoms with van der Waals surface area (Å²) in [5.74, 6) is -0.967. The molecule has 178 valence electrons. The number of rotatable bonds is 7. The minimum Gasteiger partial charge on any atom is -0.490 e. The highest BCUT2D eigenvalue weighted by molar-refractivity contribution is 9.10. The number of hydrogen-bond acceptors (Lipinski definition) is 5. The van der Waals surface area contributed by atoms with Crippen molar-refractivity contribution < 1.29 is 28.2 Å². The largest absolute Gasteiger partial charge is 0.490 e. The molecule has 0 spiro atoms. The maximum Gasteiger partial charge on any atom is 0.331 e. The number of barbiturate groups is 1. The molecule has 2 fully saturated rings. The summed E-state index contributed by atoms with van der Waals surface area (Å²) in [5, 5.41) is 2.27. The lowest BCUT2D eigenvalue weighted by Crippen LogP contribution is -2.57. The van der Waals surface area contributed by atoms with Crippen LogP contribution in [0.2, 0.25) is 0 Å². The van der Waals surface area contributed by atoms with E-state index in [0.29, 0.717) is 33.7 Å². The fourth-order valence-corrected chi connectivity index (χ4v) is 4.57. The zero-order valence-corrected chi connectivity index (χ0v) is 20.2. The van der Waals surface area contributed by atoms with E-state index in [0.717, 1.165) is 30.6 Å². The molecule has 1 saturated carbocycles. The molecule has 0 aromatic heterocycles. The first-order valence-electron chi connectivity index (χ1n) is 11.1. The van der Waals surface area contributed by atoms with Crippen LogP contribution in [0.15, 0.2) is 46.4 Å². The molecule has 2 aromatic carbocycles. The molecular formula is C25H24BrFN2O5. The Bertz CT molecular complexity index is 1160. The van der Waals surface area contributed by atoms with Gasteiger partial charge in [0.1, 0.15) is 18.0 Å². The molecule has 7 nitrogen and oxygen atoms in total. The van der Waals surface area contributed by atoms with Crippen LogP contribution in [0.4, 0.5) is 9.18 Å². The van der Waals surface area contributed by atoms with Crippen molar-refractivity contribution in [2.24, 2.45) is 0 Å². The number of amides is 4. The summed E-state index contributed by atoms with van der Waals surface area (Å²) in [6, 6.07) is 8.71. The second-order valence-electron chi connectivity index (χ2n) is 8.06.